The molecule has 9 heteroatoms. The maximum atomic E-state index is 11.0. The van der Waals surface area contributed by atoms with E-state index in [2.05, 4.69) is 15.5 Å². The molecule has 0 aliphatic carbocycles. The Hall–Kier alpha value is -0.590. The summed E-state index contributed by atoms with van der Waals surface area (Å²) in [7, 11) is 0. The number of hydrogen-bond donors (Lipinski definition) is 1. The Kier molecular flexibility index (Phi) is 4.35. The van der Waals surface area contributed by atoms with Gasteiger partial charge in [-0.25, -0.2) is 9.48 Å². The number of carboxylic acid groups (broad SMARTS) is 1. The summed E-state index contributed by atoms with van der Waals surface area (Å²) in [5.74, 6) is -1.16. The molecule has 1 aromatic rings. The summed E-state index contributed by atoms with van der Waals surface area (Å²) in [6.07, 6.45) is 1.00. The first-order valence-electron chi connectivity index (χ1n) is 4.45. The summed E-state index contributed by atoms with van der Waals surface area (Å²) in [5, 5.41) is 19.4. The van der Waals surface area contributed by atoms with E-state index in [9.17, 15) is 4.79 Å². The van der Waals surface area contributed by atoms with Gasteiger partial charge in [-0.2, -0.15) is 0 Å². The lowest BCUT2D eigenvalue weighted by Gasteiger charge is -2.16. The Bertz CT molecular complexity index is 376. The van der Waals surface area contributed by atoms with Crippen molar-refractivity contribution in [3.8, 4) is 0 Å². The van der Waals surface area contributed by atoms with Gasteiger partial charge in [0.25, 0.3) is 3.79 Å². The number of rotatable bonds is 4. The average Bonchev–Trinajstić information content (AvgIpc) is 2.60. The van der Waals surface area contributed by atoms with Gasteiger partial charge in [0.2, 0.25) is 5.82 Å². The fourth-order valence-electron chi connectivity index (χ4n) is 1.21. The molecule has 1 unspecified atom stereocenters. The number of nitrogens with zero attached hydrogens (tertiary/aromatic N) is 4. The number of alkyl halides is 3. The summed E-state index contributed by atoms with van der Waals surface area (Å²) < 4.78 is -0.816. The van der Waals surface area contributed by atoms with E-state index < -0.39 is 15.8 Å². The molecule has 1 N–H and O–H groups in total. The smallest absolute Gasteiger partial charge is 0.328 e. The molecule has 0 spiro atoms. The first-order chi connectivity index (χ1) is 7.38. The molecule has 0 aromatic carbocycles. The van der Waals surface area contributed by atoms with Gasteiger partial charge in [-0.1, -0.05) is 48.1 Å². The molecule has 0 saturated carbocycles. The zero-order chi connectivity index (χ0) is 12.3. The topological polar surface area (TPSA) is 80.9 Å². The van der Waals surface area contributed by atoms with Crippen LogP contribution in [0.2, 0.25) is 0 Å². The molecule has 0 saturated heterocycles. The average molecular weight is 288 g/mol. The van der Waals surface area contributed by atoms with Crippen LogP contribution >= 0.6 is 34.8 Å². The van der Waals surface area contributed by atoms with Crippen LogP contribution < -0.4 is 0 Å². The zero-order valence-electron chi connectivity index (χ0n) is 8.27. The first kappa shape index (κ1) is 13.5. The van der Waals surface area contributed by atoms with E-state index in [0.29, 0.717) is 12.8 Å². The van der Waals surface area contributed by atoms with Gasteiger partial charge in [0.05, 0.1) is 0 Å². The van der Waals surface area contributed by atoms with E-state index in [4.69, 9.17) is 39.9 Å². The number of carboxylic acids is 1. The quantitative estimate of drug-likeness (QED) is 0.856. The summed E-state index contributed by atoms with van der Waals surface area (Å²) in [6, 6.07) is -0.925. The van der Waals surface area contributed by atoms with E-state index in [0.717, 1.165) is 4.68 Å². The lowest BCUT2D eigenvalue weighted by molar-refractivity contribution is -0.141. The van der Waals surface area contributed by atoms with Gasteiger partial charge < -0.3 is 5.11 Å². The molecule has 0 amide bonds. The fourth-order valence-corrected chi connectivity index (χ4v) is 1.59. The van der Waals surface area contributed by atoms with Crippen LogP contribution in [0.4, 0.5) is 0 Å². The predicted molar refractivity (Wildman–Crippen MR) is 58.6 cm³/mol. The number of halogens is 3. The summed E-state index contributed by atoms with van der Waals surface area (Å²) >= 11 is 16.9. The van der Waals surface area contributed by atoms with Crippen molar-refractivity contribution in [1.82, 2.24) is 20.2 Å². The molecule has 90 valence electrons. The maximum absolute atomic E-state index is 11.0. The minimum atomic E-state index is -1.84. The molecule has 1 rings (SSSR count). The van der Waals surface area contributed by atoms with Crippen LogP contribution in [0.1, 0.15) is 31.6 Å². The van der Waals surface area contributed by atoms with E-state index in [1.165, 1.54) is 0 Å². The lowest BCUT2D eigenvalue weighted by atomic mass is 10.2. The minimum Gasteiger partial charge on any atom is -0.480 e. The number of aromatic nitrogens is 4. The molecule has 1 atom stereocenters. The highest BCUT2D eigenvalue weighted by Crippen LogP contribution is 2.37. The first-order valence-corrected chi connectivity index (χ1v) is 5.59. The Morgan fingerprint density at radius 2 is 2.19 bits per heavy atom. The van der Waals surface area contributed by atoms with Crippen LogP contribution in [-0.4, -0.2) is 31.3 Å². The van der Waals surface area contributed by atoms with Crippen molar-refractivity contribution in [3.63, 3.8) is 0 Å². The third-order valence-corrected chi connectivity index (χ3v) is 2.40. The normalized spacial score (nSPS) is 13.8. The van der Waals surface area contributed by atoms with Crippen LogP contribution in [0.5, 0.6) is 0 Å². The molecule has 0 bridgehead atoms. The molecule has 0 fully saturated rings. The Labute approximate surface area is 106 Å². The second-order valence-electron chi connectivity index (χ2n) is 3.09. The van der Waals surface area contributed by atoms with Crippen molar-refractivity contribution in [1.29, 1.82) is 0 Å². The number of tetrazole rings is 1. The number of hydrogen-bond acceptors (Lipinski definition) is 4. The Morgan fingerprint density at radius 1 is 1.56 bits per heavy atom. The highest BCUT2D eigenvalue weighted by Gasteiger charge is 2.34. The molecule has 1 heterocycles. The van der Waals surface area contributed by atoms with Crippen LogP contribution in [0, 0.1) is 0 Å². The largest absolute Gasteiger partial charge is 0.480 e. The van der Waals surface area contributed by atoms with E-state index in [1.807, 2.05) is 6.92 Å². The van der Waals surface area contributed by atoms with Gasteiger partial charge in [0.15, 0.2) is 6.04 Å². The maximum Gasteiger partial charge on any atom is 0.328 e. The van der Waals surface area contributed by atoms with E-state index in [-0.39, 0.29) is 5.82 Å². The standard InChI is InChI=1S/C7H9Cl3N4O2/c1-2-3-4(5(15)16)14-6(7(8,9)10)11-12-13-14/h4H,2-3H2,1H3,(H,15,16). The van der Waals surface area contributed by atoms with Crippen molar-refractivity contribution >= 4 is 40.8 Å². The van der Waals surface area contributed by atoms with Crippen molar-refractivity contribution in [3.05, 3.63) is 5.82 Å². The van der Waals surface area contributed by atoms with Gasteiger partial charge in [0, 0.05) is 0 Å². The van der Waals surface area contributed by atoms with Crippen LogP contribution in [0.15, 0.2) is 0 Å². The van der Waals surface area contributed by atoms with Crippen molar-refractivity contribution < 1.29 is 9.90 Å². The van der Waals surface area contributed by atoms with Gasteiger partial charge in [-0.05, 0) is 16.8 Å². The van der Waals surface area contributed by atoms with Gasteiger partial charge in [-0.3, -0.25) is 0 Å². The molecule has 0 radical (unpaired) electrons. The zero-order valence-corrected chi connectivity index (χ0v) is 10.5. The van der Waals surface area contributed by atoms with Gasteiger partial charge >= 0.3 is 5.97 Å². The minimum absolute atomic E-state index is 0.0987. The third kappa shape index (κ3) is 2.96. The highest BCUT2D eigenvalue weighted by atomic mass is 35.6. The number of carbonyl (C=O) groups is 1. The molecule has 1 aromatic heterocycles. The van der Waals surface area contributed by atoms with E-state index >= 15 is 0 Å². The molecule has 0 aliphatic rings. The van der Waals surface area contributed by atoms with Crippen LogP contribution in [0.3, 0.4) is 0 Å². The Morgan fingerprint density at radius 3 is 2.62 bits per heavy atom. The Balaban J connectivity index is 3.10. The van der Waals surface area contributed by atoms with Crippen molar-refractivity contribution in [2.75, 3.05) is 0 Å². The fraction of sp³-hybridized carbons (Fsp3) is 0.714. The molecule has 0 aliphatic heterocycles. The predicted octanol–water partition coefficient (Wildman–Crippen LogP) is 1.93. The monoisotopic (exact) mass is 286 g/mol. The van der Waals surface area contributed by atoms with E-state index in [1.54, 1.807) is 0 Å². The van der Waals surface area contributed by atoms with Crippen LogP contribution in [0.25, 0.3) is 0 Å². The highest BCUT2D eigenvalue weighted by molar-refractivity contribution is 6.66. The van der Waals surface area contributed by atoms with Gasteiger partial charge in [0.1, 0.15) is 0 Å². The van der Waals surface area contributed by atoms with Crippen molar-refractivity contribution in [2.24, 2.45) is 0 Å². The second kappa shape index (κ2) is 5.16. The second-order valence-corrected chi connectivity index (χ2v) is 5.37. The molecular weight excluding hydrogens is 278 g/mol. The third-order valence-electron chi connectivity index (χ3n) is 1.89. The SMILES string of the molecule is CCCC(C(=O)O)n1nnnc1C(Cl)(Cl)Cl. The van der Waals surface area contributed by atoms with Crippen molar-refractivity contribution in [2.45, 2.75) is 29.6 Å². The van der Waals surface area contributed by atoms with Gasteiger partial charge in [-0.15, -0.1) is 5.10 Å². The number of aliphatic carboxylic acids is 1. The summed E-state index contributed by atoms with van der Waals surface area (Å²) in [6.45, 7) is 1.84. The lowest BCUT2D eigenvalue weighted by Crippen LogP contribution is -2.25. The molecule has 6 nitrogen and oxygen atoms in total. The molecule has 16 heavy (non-hydrogen) atoms. The summed E-state index contributed by atoms with van der Waals surface area (Å²) in [4.78, 5) is 11.0. The summed E-state index contributed by atoms with van der Waals surface area (Å²) in [5.41, 5.74) is 0. The molecular formula is C7H9Cl3N4O2. The van der Waals surface area contributed by atoms with Crippen LogP contribution in [-0.2, 0) is 8.59 Å².